The Labute approximate surface area is 120 Å². The van der Waals surface area contributed by atoms with Crippen LogP contribution in [-0.4, -0.2) is 28.9 Å². The zero-order valence-electron chi connectivity index (χ0n) is 10.6. The Morgan fingerprint density at radius 3 is 2.50 bits per heavy atom. The van der Waals surface area contributed by atoms with Crippen LogP contribution in [0, 0.1) is 0 Å². The molecule has 0 bridgehead atoms. The standard InChI is InChI=1S/C13H15ClN2O4/c14-9-4-2-1-3-8(9)5-6-12(18)16-10(13(19)20)7-11(15)17/h1-4,10H,5-7H2,(H2,15,17)(H,16,18)(H,19,20). The van der Waals surface area contributed by atoms with E-state index in [0.717, 1.165) is 5.56 Å². The van der Waals surface area contributed by atoms with E-state index in [2.05, 4.69) is 5.32 Å². The second-order valence-electron chi connectivity index (χ2n) is 4.22. The third kappa shape index (κ3) is 5.27. The molecule has 6 nitrogen and oxygen atoms in total. The van der Waals surface area contributed by atoms with Gasteiger partial charge in [-0.2, -0.15) is 0 Å². The number of carbonyl (C=O) groups is 3. The van der Waals surface area contributed by atoms with Gasteiger partial charge in [0.2, 0.25) is 11.8 Å². The number of carboxylic acids is 1. The van der Waals surface area contributed by atoms with E-state index in [1.807, 2.05) is 0 Å². The van der Waals surface area contributed by atoms with Crippen LogP contribution < -0.4 is 11.1 Å². The van der Waals surface area contributed by atoms with Crippen molar-refractivity contribution in [3.8, 4) is 0 Å². The molecule has 0 spiro atoms. The molecule has 0 saturated carbocycles. The molecule has 1 rings (SSSR count). The number of nitrogens with two attached hydrogens (primary N) is 1. The summed E-state index contributed by atoms with van der Waals surface area (Å²) in [4.78, 5) is 33.2. The molecule has 0 aromatic heterocycles. The molecule has 0 heterocycles. The number of benzene rings is 1. The first-order valence-electron chi connectivity index (χ1n) is 5.94. The molecular formula is C13H15ClN2O4. The molecule has 0 fully saturated rings. The third-order valence-corrected chi connectivity index (χ3v) is 2.99. The van der Waals surface area contributed by atoms with Gasteiger partial charge in [0.15, 0.2) is 0 Å². The zero-order valence-corrected chi connectivity index (χ0v) is 11.4. The van der Waals surface area contributed by atoms with E-state index in [1.54, 1.807) is 24.3 Å². The summed E-state index contributed by atoms with van der Waals surface area (Å²) in [7, 11) is 0. The second kappa shape index (κ2) is 7.49. The number of aryl methyl sites for hydroxylation is 1. The number of nitrogens with one attached hydrogen (secondary N) is 1. The van der Waals surface area contributed by atoms with E-state index in [9.17, 15) is 14.4 Å². The van der Waals surface area contributed by atoms with Crippen molar-refractivity contribution in [2.24, 2.45) is 5.73 Å². The smallest absolute Gasteiger partial charge is 0.326 e. The highest BCUT2D eigenvalue weighted by Gasteiger charge is 2.21. The molecule has 0 aliphatic carbocycles. The van der Waals surface area contributed by atoms with E-state index < -0.39 is 30.2 Å². The van der Waals surface area contributed by atoms with Crippen LogP contribution in [0.1, 0.15) is 18.4 Å². The zero-order chi connectivity index (χ0) is 15.1. The lowest BCUT2D eigenvalue weighted by molar-refractivity contribution is -0.143. The molecule has 2 amide bonds. The van der Waals surface area contributed by atoms with Crippen LogP contribution in [0.2, 0.25) is 5.02 Å². The van der Waals surface area contributed by atoms with Crippen molar-refractivity contribution in [1.82, 2.24) is 5.32 Å². The lowest BCUT2D eigenvalue weighted by Crippen LogP contribution is -2.43. The Balaban J connectivity index is 2.52. The van der Waals surface area contributed by atoms with E-state index >= 15 is 0 Å². The monoisotopic (exact) mass is 298 g/mol. The normalized spacial score (nSPS) is 11.7. The quantitative estimate of drug-likeness (QED) is 0.689. The van der Waals surface area contributed by atoms with E-state index in [1.165, 1.54) is 0 Å². The topological polar surface area (TPSA) is 109 Å². The van der Waals surface area contributed by atoms with Crippen LogP contribution in [0.5, 0.6) is 0 Å². The summed E-state index contributed by atoms with van der Waals surface area (Å²) in [6.07, 6.45) is 0.0217. The van der Waals surface area contributed by atoms with E-state index in [4.69, 9.17) is 22.4 Å². The number of primary amides is 1. The van der Waals surface area contributed by atoms with Gasteiger partial charge in [0, 0.05) is 11.4 Å². The van der Waals surface area contributed by atoms with Crippen molar-refractivity contribution in [3.63, 3.8) is 0 Å². The molecule has 20 heavy (non-hydrogen) atoms. The van der Waals surface area contributed by atoms with Crippen molar-refractivity contribution in [2.75, 3.05) is 0 Å². The van der Waals surface area contributed by atoms with Gasteiger partial charge in [0.1, 0.15) is 6.04 Å². The lowest BCUT2D eigenvalue weighted by atomic mass is 10.1. The first-order chi connectivity index (χ1) is 9.40. The van der Waals surface area contributed by atoms with E-state index in [-0.39, 0.29) is 6.42 Å². The Morgan fingerprint density at radius 2 is 1.95 bits per heavy atom. The van der Waals surface area contributed by atoms with Crippen LogP contribution in [0.4, 0.5) is 0 Å². The van der Waals surface area contributed by atoms with Crippen LogP contribution in [0.15, 0.2) is 24.3 Å². The summed E-state index contributed by atoms with van der Waals surface area (Å²) in [6.45, 7) is 0. The van der Waals surface area contributed by atoms with Crippen molar-refractivity contribution >= 4 is 29.4 Å². The van der Waals surface area contributed by atoms with Crippen molar-refractivity contribution in [1.29, 1.82) is 0 Å². The van der Waals surface area contributed by atoms with Gasteiger partial charge in [-0.3, -0.25) is 9.59 Å². The summed E-state index contributed by atoms with van der Waals surface area (Å²) in [6, 6.07) is 5.77. The van der Waals surface area contributed by atoms with Gasteiger partial charge in [-0.1, -0.05) is 29.8 Å². The molecule has 1 aromatic rings. The Morgan fingerprint density at radius 1 is 1.30 bits per heavy atom. The number of halogens is 1. The maximum atomic E-state index is 11.7. The average molecular weight is 299 g/mol. The van der Waals surface area contributed by atoms with Crippen molar-refractivity contribution in [2.45, 2.75) is 25.3 Å². The summed E-state index contributed by atoms with van der Waals surface area (Å²) in [5, 5.41) is 11.7. The van der Waals surface area contributed by atoms with Gasteiger partial charge in [-0.25, -0.2) is 4.79 Å². The highest BCUT2D eigenvalue weighted by molar-refractivity contribution is 6.31. The van der Waals surface area contributed by atoms with Gasteiger partial charge in [0.25, 0.3) is 0 Å². The fourth-order valence-corrected chi connectivity index (χ4v) is 1.85. The van der Waals surface area contributed by atoms with Gasteiger partial charge in [0.05, 0.1) is 6.42 Å². The minimum Gasteiger partial charge on any atom is -0.480 e. The fraction of sp³-hybridized carbons (Fsp3) is 0.308. The highest BCUT2D eigenvalue weighted by atomic mass is 35.5. The molecule has 0 saturated heterocycles. The molecule has 0 aliphatic heterocycles. The predicted octanol–water partition coefficient (Wildman–Crippen LogP) is 0.717. The molecule has 7 heteroatoms. The van der Waals surface area contributed by atoms with Crippen LogP contribution in [0.3, 0.4) is 0 Å². The molecule has 0 radical (unpaired) electrons. The minimum absolute atomic E-state index is 0.0757. The van der Waals surface area contributed by atoms with E-state index in [0.29, 0.717) is 11.4 Å². The molecule has 1 unspecified atom stereocenters. The largest absolute Gasteiger partial charge is 0.480 e. The SMILES string of the molecule is NC(=O)CC(NC(=O)CCc1ccccc1Cl)C(=O)O. The first-order valence-corrected chi connectivity index (χ1v) is 6.32. The van der Waals surface area contributed by atoms with Gasteiger partial charge < -0.3 is 16.2 Å². The first kappa shape index (κ1) is 16.0. The third-order valence-electron chi connectivity index (χ3n) is 2.62. The molecule has 108 valence electrons. The van der Waals surface area contributed by atoms with Gasteiger partial charge in [-0.15, -0.1) is 0 Å². The molecule has 1 aromatic carbocycles. The molecule has 1 atom stereocenters. The van der Waals surface area contributed by atoms with Crippen molar-refractivity contribution in [3.05, 3.63) is 34.9 Å². The van der Waals surface area contributed by atoms with Crippen LogP contribution >= 0.6 is 11.6 Å². The van der Waals surface area contributed by atoms with Gasteiger partial charge >= 0.3 is 5.97 Å². The fourth-order valence-electron chi connectivity index (χ4n) is 1.62. The van der Waals surface area contributed by atoms with Crippen LogP contribution in [0.25, 0.3) is 0 Å². The van der Waals surface area contributed by atoms with Crippen molar-refractivity contribution < 1.29 is 19.5 Å². The maximum Gasteiger partial charge on any atom is 0.326 e. The number of rotatable bonds is 7. The predicted molar refractivity (Wildman–Crippen MR) is 73.2 cm³/mol. The molecular weight excluding hydrogens is 284 g/mol. The summed E-state index contributed by atoms with van der Waals surface area (Å²) < 4.78 is 0. The Kier molecular flexibility index (Phi) is 5.99. The summed E-state index contributed by atoms with van der Waals surface area (Å²) >= 11 is 5.95. The average Bonchev–Trinajstić information content (AvgIpc) is 2.36. The number of carbonyl (C=O) groups excluding carboxylic acids is 2. The Hall–Kier alpha value is -2.08. The maximum absolute atomic E-state index is 11.7. The summed E-state index contributed by atoms with van der Waals surface area (Å²) in [5.41, 5.74) is 5.72. The molecule has 0 aliphatic rings. The lowest BCUT2D eigenvalue weighted by Gasteiger charge is -2.12. The number of hydrogen-bond acceptors (Lipinski definition) is 3. The van der Waals surface area contributed by atoms with Crippen LogP contribution in [-0.2, 0) is 20.8 Å². The number of hydrogen-bond donors (Lipinski definition) is 3. The number of carboxylic acid groups (broad SMARTS) is 1. The number of amides is 2. The summed E-state index contributed by atoms with van der Waals surface area (Å²) in [5.74, 6) is -2.56. The van der Waals surface area contributed by atoms with Gasteiger partial charge in [-0.05, 0) is 18.1 Å². The second-order valence-corrected chi connectivity index (χ2v) is 4.63. The molecule has 4 N–H and O–H groups in total. The highest BCUT2D eigenvalue weighted by Crippen LogP contribution is 2.16. The minimum atomic E-state index is -1.30. The number of aliphatic carboxylic acids is 1. The Bertz CT molecular complexity index is 519.